The van der Waals surface area contributed by atoms with E-state index in [0.717, 1.165) is 37.3 Å². The van der Waals surface area contributed by atoms with E-state index in [2.05, 4.69) is 20.9 Å². The predicted octanol–water partition coefficient (Wildman–Crippen LogP) is 1.55. The van der Waals surface area contributed by atoms with Gasteiger partial charge in [0.05, 0.1) is 11.2 Å². The van der Waals surface area contributed by atoms with Crippen LogP contribution in [0.25, 0.3) is 0 Å². The van der Waals surface area contributed by atoms with Crippen LogP contribution in [0.15, 0.2) is 12.3 Å². The van der Waals surface area contributed by atoms with E-state index >= 15 is 0 Å². The van der Waals surface area contributed by atoms with Crippen LogP contribution in [0.4, 0.5) is 0 Å². The van der Waals surface area contributed by atoms with Crippen LogP contribution in [0, 0.1) is 6.92 Å². The van der Waals surface area contributed by atoms with Gasteiger partial charge in [0.15, 0.2) is 0 Å². The summed E-state index contributed by atoms with van der Waals surface area (Å²) in [5.41, 5.74) is 6.01. The number of nitrogens with zero attached hydrogens (tertiary/aromatic N) is 4. The Hall–Kier alpha value is -2.64. The van der Waals surface area contributed by atoms with Crippen LogP contribution in [-0.2, 0) is 18.5 Å². The maximum Gasteiger partial charge on any atom is 0.289 e. The molecule has 0 aromatic carbocycles. The molecule has 0 bridgehead atoms. The Morgan fingerprint density at radius 2 is 1.88 bits per heavy atom. The summed E-state index contributed by atoms with van der Waals surface area (Å²) in [7, 11) is 0. The minimum atomic E-state index is -0.422. The number of hydrogen-bond donors (Lipinski definition) is 2. The lowest BCUT2D eigenvalue weighted by atomic mass is 10.1. The zero-order chi connectivity index (χ0) is 18.2. The quantitative estimate of drug-likeness (QED) is 0.808. The average Bonchev–Trinajstić information content (AvgIpc) is 3.15. The lowest BCUT2D eigenvalue weighted by Gasteiger charge is -2.22. The van der Waals surface area contributed by atoms with Crippen molar-refractivity contribution in [3.63, 3.8) is 0 Å². The molecule has 3 rings (SSSR count). The number of imidazole rings is 1. The number of amides is 2. The van der Waals surface area contributed by atoms with Gasteiger partial charge in [-0.3, -0.25) is 25.1 Å². The summed E-state index contributed by atoms with van der Waals surface area (Å²) in [6, 6.07) is 1.70. The molecule has 0 saturated carbocycles. The Morgan fingerprint density at radius 1 is 1.16 bits per heavy atom. The van der Waals surface area contributed by atoms with Crippen LogP contribution in [0.5, 0.6) is 0 Å². The van der Waals surface area contributed by atoms with E-state index in [0.29, 0.717) is 11.4 Å². The van der Waals surface area contributed by atoms with E-state index in [1.54, 1.807) is 16.9 Å². The summed E-state index contributed by atoms with van der Waals surface area (Å²) in [6.07, 6.45) is 4.80. The third kappa shape index (κ3) is 3.57. The zero-order valence-electron chi connectivity index (χ0n) is 15.1. The first-order valence-corrected chi connectivity index (χ1v) is 8.49. The van der Waals surface area contributed by atoms with Gasteiger partial charge in [0.25, 0.3) is 11.8 Å². The highest BCUT2D eigenvalue weighted by Crippen LogP contribution is 2.17. The Labute approximate surface area is 146 Å². The number of nitrogens with one attached hydrogen (secondary N) is 2. The van der Waals surface area contributed by atoms with Crippen LogP contribution in [0.1, 0.15) is 66.1 Å². The number of hydrogen-bond acceptors (Lipinski definition) is 4. The molecule has 2 aromatic heterocycles. The van der Waals surface area contributed by atoms with Crippen molar-refractivity contribution in [2.24, 2.45) is 0 Å². The Balaban J connectivity index is 1.68. The lowest BCUT2D eigenvalue weighted by molar-refractivity contribution is 0.0834. The van der Waals surface area contributed by atoms with Gasteiger partial charge in [0.1, 0.15) is 17.2 Å². The highest BCUT2D eigenvalue weighted by molar-refractivity contribution is 5.97. The van der Waals surface area contributed by atoms with E-state index in [-0.39, 0.29) is 5.54 Å². The molecule has 0 aliphatic carbocycles. The average molecular weight is 344 g/mol. The summed E-state index contributed by atoms with van der Waals surface area (Å²) in [6.45, 7) is 8.60. The summed E-state index contributed by atoms with van der Waals surface area (Å²) < 4.78 is 3.65. The number of carbonyl (C=O) groups excluding carboxylic acids is 2. The fourth-order valence-corrected chi connectivity index (χ4v) is 2.94. The first-order chi connectivity index (χ1) is 11.8. The van der Waals surface area contributed by atoms with Crippen molar-refractivity contribution in [2.75, 3.05) is 0 Å². The largest absolute Gasteiger partial charge is 0.334 e. The molecule has 8 nitrogen and oxygen atoms in total. The SMILES string of the molecule is Cc1cc(C(=O)NNC(=O)c2cn3c(n2)CCCC3)n(C(C)(C)C)n1. The van der Waals surface area contributed by atoms with E-state index in [1.807, 2.05) is 32.3 Å². The third-order valence-electron chi connectivity index (χ3n) is 4.13. The number of carbonyl (C=O) groups is 2. The number of aryl methyl sites for hydroxylation is 3. The maximum atomic E-state index is 12.4. The van der Waals surface area contributed by atoms with Crippen molar-refractivity contribution in [1.82, 2.24) is 30.2 Å². The van der Waals surface area contributed by atoms with E-state index < -0.39 is 11.8 Å². The molecule has 2 amide bonds. The second-order valence-electron chi connectivity index (χ2n) is 7.35. The van der Waals surface area contributed by atoms with E-state index in [9.17, 15) is 9.59 Å². The smallest absolute Gasteiger partial charge is 0.289 e. The van der Waals surface area contributed by atoms with Crippen LogP contribution < -0.4 is 10.9 Å². The molecular weight excluding hydrogens is 320 g/mol. The molecule has 25 heavy (non-hydrogen) atoms. The van der Waals surface area contributed by atoms with Gasteiger partial charge >= 0.3 is 0 Å². The van der Waals surface area contributed by atoms with Crippen LogP contribution >= 0.6 is 0 Å². The molecular formula is C17H24N6O2. The standard InChI is InChI=1S/C17H24N6O2/c1-11-9-13(23(21-11)17(2,3)4)16(25)20-19-15(24)12-10-22-8-6-5-7-14(22)18-12/h9-10H,5-8H2,1-4H3,(H,19,24)(H,20,25). The van der Waals surface area contributed by atoms with Gasteiger partial charge in [-0.15, -0.1) is 0 Å². The predicted molar refractivity (Wildman–Crippen MR) is 92.1 cm³/mol. The normalized spacial score (nSPS) is 14.1. The lowest BCUT2D eigenvalue weighted by Crippen LogP contribution is -2.43. The van der Waals surface area contributed by atoms with Gasteiger partial charge in [0, 0.05) is 19.2 Å². The second kappa shape index (κ2) is 6.34. The van der Waals surface area contributed by atoms with Gasteiger partial charge in [-0.05, 0) is 46.6 Å². The van der Waals surface area contributed by atoms with E-state index in [4.69, 9.17) is 0 Å². The van der Waals surface area contributed by atoms with Crippen molar-refractivity contribution >= 4 is 11.8 Å². The van der Waals surface area contributed by atoms with Gasteiger partial charge in [0.2, 0.25) is 0 Å². The molecule has 0 fully saturated rings. The van der Waals surface area contributed by atoms with Crippen molar-refractivity contribution in [3.05, 3.63) is 35.2 Å². The van der Waals surface area contributed by atoms with Crippen molar-refractivity contribution in [2.45, 2.75) is 59.0 Å². The summed E-state index contributed by atoms with van der Waals surface area (Å²) in [5.74, 6) is 0.0887. The Kier molecular flexibility index (Phi) is 4.36. The van der Waals surface area contributed by atoms with Crippen molar-refractivity contribution in [1.29, 1.82) is 0 Å². The topological polar surface area (TPSA) is 93.8 Å². The summed E-state index contributed by atoms with van der Waals surface area (Å²) in [4.78, 5) is 29.0. The van der Waals surface area contributed by atoms with Crippen molar-refractivity contribution < 1.29 is 9.59 Å². The van der Waals surface area contributed by atoms with Gasteiger partial charge < -0.3 is 4.57 Å². The highest BCUT2D eigenvalue weighted by Gasteiger charge is 2.23. The van der Waals surface area contributed by atoms with E-state index in [1.165, 1.54) is 0 Å². The fourth-order valence-electron chi connectivity index (χ4n) is 2.94. The van der Waals surface area contributed by atoms with Crippen LogP contribution in [0.2, 0.25) is 0 Å². The fraction of sp³-hybridized carbons (Fsp3) is 0.529. The third-order valence-corrected chi connectivity index (χ3v) is 4.13. The second-order valence-corrected chi connectivity index (χ2v) is 7.35. The minimum absolute atomic E-state index is 0.317. The molecule has 1 aliphatic heterocycles. The molecule has 0 spiro atoms. The molecule has 0 atom stereocenters. The molecule has 0 unspecified atom stereocenters. The molecule has 2 aromatic rings. The molecule has 0 saturated heterocycles. The molecule has 3 heterocycles. The molecule has 2 N–H and O–H groups in total. The monoisotopic (exact) mass is 344 g/mol. The van der Waals surface area contributed by atoms with Gasteiger partial charge in [-0.25, -0.2) is 4.98 Å². The first kappa shape index (κ1) is 17.2. The maximum absolute atomic E-state index is 12.4. The van der Waals surface area contributed by atoms with Crippen LogP contribution in [0.3, 0.4) is 0 Å². The Bertz CT molecular complexity index is 788. The highest BCUT2D eigenvalue weighted by atomic mass is 16.2. The number of aromatic nitrogens is 4. The molecule has 8 heteroatoms. The van der Waals surface area contributed by atoms with Gasteiger partial charge in [-0.1, -0.05) is 0 Å². The molecule has 1 aliphatic rings. The Morgan fingerprint density at radius 3 is 2.56 bits per heavy atom. The molecule has 134 valence electrons. The van der Waals surface area contributed by atoms with Crippen molar-refractivity contribution in [3.8, 4) is 0 Å². The number of hydrazine groups is 1. The summed E-state index contributed by atoms with van der Waals surface area (Å²) in [5, 5.41) is 4.36. The number of fused-ring (bicyclic) bond motifs is 1. The first-order valence-electron chi connectivity index (χ1n) is 8.49. The summed E-state index contributed by atoms with van der Waals surface area (Å²) >= 11 is 0. The zero-order valence-corrected chi connectivity index (χ0v) is 15.1. The van der Waals surface area contributed by atoms with Gasteiger partial charge in [-0.2, -0.15) is 5.10 Å². The molecule has 0 radical (unpaired) electrons. The number of rotatable bonds is 2. The van der Waals surface area contributed by atoms with Crippen LogP contribution in [-0.4, -0.2) is 31.1 Å². The minimum Gasteiger partial charge on any atom is -0.334 e.